The lowest BCUT2D eigenvalue weighted by molar-refractivity contribution is -0.0301. The van der Waals surface area contributed by atoms with Gasteiger partial charge in [0.15, 0.2) is 0 Å². The number of rotatable bonds is 6. The predicted octanol–water partition coefficient (Wildman–Crippen LogP) is 4.26. The van der Waals surface area contributed by atoms with Crippen molar-refractivity contribution in [2.45, 2.75) is 65.6 Å². The Bertz CT molecular complexity index is 255. The molecule has 1 saturated carbocycles. The second kappa shape index (κ2) is 8.49. The highest BCUT2D eigenvalue weighted by atomic mass is 16.5. The highest BCUT2D eigenvalue weighted by Gasteiger charge is 2.22. The molecule has 0 aromatic rings. The van der Waals surface area contributed by atoms with E-state index in [2.05, 4.69) is 39.8 Å². The minimum absolute atomic E-state index is 0.381. The zero-order valence-corrected chi connectivity index (χ0v) is 12.4. The number of hydrogen-bond acceptors (Lipinski definition) is 2. The van der Waals surface area contributed by atoms with Crippen molar-refractivity contribution in [3.8, 4) is 0 Å². The van der Waals surface area contributed by atoms with Crippen molar-refractivity contribution in [1.29, 1.82) is 0 Å². The maximum absolute atomic E-state index is 5.88. The maximum atomic E-state index is 5.88. The third-order valence-corrected chi connectivity index (χ3v) is 3.23. The first-order valence-electron chi connectivity index (χ1n) is 7.08. The highest BCUT2D eigenvalue weighted by molar-refractivity contribution is 4.94. The fourth-order valence-corrected chi connectivity index (χ4v) is 2.11. The highest BCUT2D eigenvalue weighted by Crippen LogP contribution is 2.23. The molecule has 2 heteroatoms. The van der Waals surface area contributed by atoms with Gasteiger partial charge in [-0.2, -0.15) is 0 Å². The molecule has 104 valence electrons. The lowest BCUT2D eigenvalue weighted by Gasteiger charge is -2.28. The van der Waals surface area contributed by atoms with Crippen molar-refractivity contribution >= 4 is 0 Å². The minimum Gasteiger partial charge on any atom is -0.374 e. The van der Waals surface area contributed by atoms with Crippen molar-refractivity contribution in [3.05, 3.63) is 23.3 Å². The molecule has 0 aromatic heterocycles. The molecule has 0 amide bonds. The van der Waals surface area contributed by atoms with Crippen molar-refractivity contribution in [2.24, 2.45) is 0 Å². The van der Waals surface area contributed by atoms with Gasteiger partial charge in [0.1, 0.15) is 0 Å². The summed E-state index contributed by atoms with van der Waals surface area (Å²) in [7, 11) is 0. The molecule has 2 nitrogen and oxygen atoms in total. The summed E-state index contributed by atoms with van der Waals surface area (Å²) < 4.78 is 11.8. The standard InChI is InChI=1S/C16H28O2/c1-13(2)8-10-17-15-6-5-7-16(12-15)18-11-9-14(3)4/h8-9,15-16H,5-7,10-12H2,1-4H3. The lowest BCUT2D eigenvalue weighted by Crippen LogP contribution is -2.28. The van der Waals surface area contributed by atoms with Gasteiger partial charge in [-0.3, -0.25) is 0 Å². The molecule has 0 heterocycles. The monoisotopic (exact) mass is 252 g/mol. The van der Waals surface area contributed by atoms with Crippen LogP contribution in [0.5, 0.6) is 0 Å². The molecular formula is C16H28O2. The average molecular weight is 252 g/mol. The van der Waals surface area contributed by atoms with E-state index < -0.39 is 0 Å². The molecule has 1 rings (SSSR count). The van der Waals surface area contributed by atoms with Gasteiger partial charge in [0.25, 0.3) is 0 Å². The van der Waals surface area contributed by atoms with Crippen LogP contribution in [0.2, 0.25) is 0 Å². The Morgan fingerprint density at radius 2 is 1.33 bits per heavy atom. The molecular weight excluding hydrogens is 224 g/mol. The third-order valence-electron chi connectivity index (χ3n) is 3.23. The largest absolute Gasteiger partial charge is 0.374 e. The number of ether oxygens (including phenoxy) is 2. The summed E-state index contributed by atoms with van der Waals surface area (Å²) in [6, 6.07) is 0. The van der Waals surface area contributed by atoms with Crippen LogP contribution in [-0.2, 0) is 9.47 Å². The summed E-state index contributed by atoms with van der Waals surface area (Å²) in [6.07, 6.45) is 9.68. The molecule has 0 radical (unpaired) electrons. The van der Waals surface area contributed by atoms with Gasteiger partial charge in [-0.25, -0.2) is 0 Å². The van der Waals surface area contributed by atoms with E-state index in [0.29, 0.717) is 12.2 Å². The molecule has 18 heavy (non-hydrogen) atoms. The third kappa shape index (κ3) is 6.97. The van der Waals surface area contributed by atoms with Crippen LogP contribution in [0, 0.1) is 0 Å². The molecule has 0 spiro atoms. The Morgan fingerprint density at radius 1 is 0.889 bits per heavy atom. The Labute approximate surface area is 112 Å². The normalized spacial score (nSPS) is 23.6. The van der Waals surface area contributed by atoms with Crippen LogP contribution < -0.4 is 0 Å². The number of allylic oxidation sites excluding steroid dienone is 2. The maximum Gasteiger partial charge on any atom is 0.0653 e. The van der Waals surface area contributed by atoms with E-state index in [0.717, 1.165) is 19.6 Å². The Morgan fingerprint density at radius 3 is 1.72 bits per heavy atom. The van der Waals surface area contributed by atoms with Crippen LogP contribution in [0.4, 0.5) is 0 Å². The zero-order chi connectivity index (χ0) is 13.4. The number of hydrogen-bond donors (Lipinski definition) is 0. The van der Waals surface area contributed by atoms with Gasteiger partial charge < -0.3 is 9.47 Å². The first-order valence-corrected chi connectivity index (χ1v) is 7.08. The summed E-state index contributed by atoms with van der Waals surface area (Å²) in [5.41, 5.74) is 2.64. The molecule has 2 atom stereocenters. The van der Waals surface area contributed by atoms with E-state index in [9.17, 15) is 0 Å². The van der Waals surface area contributed by atoms with Crippen LogP contribution in [0.25, 0.3) is 0 Å². The Balaban J connectivity index is 2.23. The Hall–Kier alpha value is -0.600. The van der Waals surface area contributed by atoms with Gasteiger partial charge in [0.05, 0.1) is 25.4 Å². The molecule has 2 unspecified atom stereocenters. The minimum atomic E-state index is 0.381. The summed E-state index contributed by atoms with van der Waals surface area (Å²) in [5.74, 6) is 0. The quantitative estimate of drug-likeness (QED) is 0.657. The molecule has 0 saturated heterocycles. The van der Waals surface area contributed by atoms with Crippen LogP contribution in [0.15, 0.2) is 23.3 Å². The summed E-state index contributed by atoms with van der Waals surface area (Å²) in [6.45, 7) is 9.91. The first-order chi connectivity index (χ1) is 8.58. The van der Waals surface area contributed by atoms with Gasteiger partial charge in [-0.05, 0) is 53.4 Å². The van der Waals surface area contributed by atoms with Gasteiger partial charge in [-0.1, -0.05) is 23.3 Å². The van der Waals surface area contributed by atoms with E-state index in [4.69, 9.17) is 9.47 Å². The van der Waals surface area contributed by atoms with E-state index in [-0.39, 0.29) is 0 Å². The van der Waals surface area contributed by atoms with E-state index in [1.165, 1.54) is 30.4 Å². The van der Waals surface area contributed by atoms with Crippen molar-refractivity contribution in [2.75, 3.05) is 13.2 Å². The van der Waals surface area contributed by atoms with E-state index in [1.807, 2.05) is 0 Å². The van der Waals surface area contributed by atoms with Gasteiger partial charge >= 0.3 is 0 Å². The van der Waals surface area contributed by atoms with Crippen LogP contribution in [0.3, 0.4) is 0 Å². The second-order valence-corrected chi connectivity index (χ2v) is 5.64. The first kappa shape index (κ1) is 15.5. The zero-order valence-electron chi connectivity index (χ0n) is 12.4. The fraction of sp³-hybridized carbons (Fsp3) is 0.750. The summed E-state index contributed by atoms with van der Waals surface area (Å²) >= 11 is 0. The van der Waals surface area contributed by atoms with E-state index in [1.54, 1.807) is 0 Å². The van der Waals surface area contributed by atoms with Crippen molar-refractivity contribution in [3.63, 3.8) is 0 Å². The average Bonchev–Trinajstić information content (AvgIpc) is 2.28. The summed E-state index contributed by atoms with van der Waals surface area (Å²) in [5, 5.41) is 0. The van der Waals surface area contributed by atoms with Crippen LogP contribution >= 0.6 is 0 Å². The SMILES string of the molecule is CC(C)=CCOC1CCCC(OCC=C(C)C)C1. The van der Waals surface area contributed by atoms with Gasteiger partial charge in [0.2, 0.25) is 0 Å². The predicted molar refractivity (Wildman–Crippen MR) is 76.8 cm³/mol. The van der Waals surface area contributed by atoms with Gasteiger partial charge in [-0.15, -0.1) is 0 Å². The molecule has 0 aliphatic heterocycles. The lowest BCUT2D eigenvalue weighted by atomic mass is 9.95. The van der Waals surface area contributed by atoms with Crippen molar-refractivity contribution < 1.29 is 9.47 Å². The smallest absolute Gasteiger partial charge is 0.0653 e. The molecule has 0 bridgehead atoms. The molecule has 0 N–H and O–H groups in total. The van der Waals surface area contributed by atoms with Gasteiger partial charge in [0, 0.05) is 0 Å². The van der Waals surface area contributed by atoms with E-state index >= 15 is 0 Å². The Kier molecular flexibility index (Phi) is 7.29. The molecule has 0 aromatic carbocycles. The summed E-state index contributed by atoms with van der Waals surface area (Å²) in [4.78, 5) is 0. The second-order valence-electron chi connectivity index (χ2n) is 5.64. The van der Waals surface area contributed by atoms with Crippen LogP contribution in [0.1, 0.15) is 53.4 Å². The topological polar surface area (TPSA) is 18.5 Å². The molecule has 1 fully saturated rings. The fourth-order valence-electron chi connectivity index (χ4n) is 2.11. The molecule has 1 aliphatic rings. The van der Waals surface area contributed by atoms with Crippen molar-refractivity contribution in [1.82, 2.24) is 0 Å². The molecule has 1 aliphatic carbocycles. The van der Waals surface area contributed by atoms with Crippen LogP contribution in [-0.4, -0.2) is 25.4 Å².